The van der Waals surface area contributed by atoms with Crippen LogP contribution in [0.5, 0.6) is 17.2 Å². The average Bonchev–Trinajstić information content (AvgIpc) is 2.81. The maximum absolute atomic E-state index is 12.8. The molecule has 0 bridgehead atoms. The van der Waals surface area contributed by atoms with Gasteiger partial charge in [-0.05, 0) is 51.1 Å². The van der Waals surface area contributed by atoms with Crippen LogP contribution in [0.4, 0.5) is 11.4 Å². The predicted molar refractivity (Wildman–Crippen MR) is 111 cm³/mol. The fourth-order valence-electron chi connectivity index (χ4n) is 3.22. The van der Waals surface area contributed by atoms with E-state index in [0.717, 1.165) is 0 Å². The summed E-state index contributed by atoms with van der Waals surface area (Å²) in [6.45, 7) is 6.46. The standard InChI is InChI=1S/C22H26N2O5/c1-6-24-16-9-8-15(12-18(16)29-13-22(2,3)21(24)26)23-20(25)14-7-10-17(27-4)19(11-14)28-5/h7-12H,6,13H2,1-5H3,(H,23,25). The van der Waals surface area contributed by atoms with Gasteiger partial charge in [0, 0.05) is 23.9 Å². The minimum atomic E-state index is -0.627. The Bertz CT molecular complexity index is 939. The van der Waals surface area contributed by atoms with Gasteiger partial charge in [0.15, 0.2) is 11.5 Å². The number of carbonyl (C=O) groups is 2. The lowest BCUT2D eigenvalue weighted by molar-refractivity contribution is -0.127. The van der Waals surface area contributed by atoms with Crippen molar-refractivity contribution >= 4 is 23.2 Å². The van der Waals surface area contributed by atoms with E-state index in [-0.39, 0.29) is 18.4 Å². The molecule has 7 heteroatoms. The number of nitrogens with zero attached hydrogens (tertiary/aromatic N) is 1. The van der Waals surface area contributed by atoms with E-state index in [1.54, 1.807) is 48.4 Å². The van der Waals surface area contributed by atoms with E-state index >= 15 is 0 Å². The Morgan fingerprint density at radius 3 is 2.52 bits per heavy atom. The van der Waals surface area contributed by atoms with Crippen LogP contribution >= 0.6 is 0 Å². The Labute approximate surface area is 170 Å². The van der Waals surface area contributed by atoms with Gasteiger partial charge in [0.05, 0.1) is 25.3 Å². The van der Waals surface area contributed by atoms with Crippen molar-refractivity contribution in [3.63, 3.8) is 0 Å². The largest absolute Gasteiger partial charge is 0.493 e. The summed E-state index contributed by atoms with van der Waals surface area (Å²) in [5.74, 6) is 1.32. The zero-order valence-electron chi connectivity index (χ0n) is 17.4. The van der Waals surface area contributed by atoms with Crippen molar-refractivity contribution in [2.75, 3.05) is 37.6 Å². The molecule has 0 aromatic heterocycles. The molecule has 1 heterocycles. The lowest BCUT2D eigenvalue weighted by atomic mass is 9.93. The van der Waals surface area contributed by atoms with Crippen LogP contribution in [-0.2, 0) is 4.79 Å². The molecule has 29 heavy (non-hydrogen) atoms. The monoisotopic (exact) mass is 398 g/mol. The van der Waals surface area contributed by atoms with Crippen molar-refractivity contribution in [1.29, 1.82) is 0 Å². The first kappa shape index (κ1) is 20.5. The highest BCUT2D eigenvalue weighted by molar-refractivity contribution is 6.05. The number of hydrogen-bond acceptors (Lipinski definition) is 5. The molecule has 0 spiro atoms. The molecule has 0 atom stereocenters. The lowest BCUT2D eigenvalue weighted by Gasteiger charge is -2.26. The van der Waals surface area contributed by atoms with Crippen LogP contribution in [0.2, 0.25) is 0 Å². The third-order valence-electron chi connectivity index (χ3n) is 4.88. The van der Waals surface area contributed by atoms with Gasteiger partial charge in [-0.1, -0.05) is 0 Å². The molecule has 0 saturated heterocycles. The van der Waals surface area contributed by atoms with Crippen LogP contribution in [0.25, 0.3) is 0 Å². The topological polar surface area (TPSA) is 77.1 Å². The zero-order valence-corrected chi connectivity index (χ0v) is 17.4. The number of hydrogen-bond donors (Lipinski definition) is 1. The van der Waals surface area contributed by atoms with Gasteiger partial charge in [0.25, 0.3) is 5.91 Å². The minimum absolute atomic E-state index is 0.0147. The second-order valence-electron chi connectivity index (χ2n) is 7.43. The summed E-state index contributed by atoms with van der Waals surface area (Å²) in [6.07, 6.45) is 0. The minimum Gasteiger partial charge on any atom is -0.493 e. The summed E-state index contributed by atoms with van der Waals surface area (Å²) < 4.78 is 16.4. The first-order valence-electron chi connectivity index (χ1n) is 9.43. The van der Waals surface area contributed by atoms with Crippen LogP contribution in [-0.4, -0.2) is 39.2 Å². The maximum Gasteiger partial charge on any atom is 0.255 e. The Hall–Kier alpha value is -3.22. The molecule has 2 amide bonds. The number of fused-ring (bicyclic) bond motifs is 1. The lowest BCUT2D eigenvalue weighted by Crippen LogP contribution is -2.42. The number of rotatable bonds is 5. The SMILES string of the molecule is CCN1C(=O)C(C)(C)COc2cc(NC(=O)c3ccc(OC)c(OC)c3)ccc21. The van der Waals surface area contributed by atoms with Crippen LogP contribution < -0.4 is 24.4 Å². The summed E-state index contributed by atoms with van der Waals surface area (Å²) in [5.41, 5.74) is 1.09. The highest BCUT2D eigenvalue weighted by atomic mass is 16.5. The van der Waals surface area contributed by atoms with Gasteiger partial charge < -0.3 is 24.4 Å². The molecule has 154 valence electrons. The Morgan fingerprint density at radius 2 is 1.86 bits per heavy atom. The maximum atomic E-state index is 12.8. The van der Waals surface area contributed by atoms with E-state index in [2.05, 4.69) is 5.32 Å². The van der Waals surface area contributed by atoms with Crippen molar-refractivity contribution in [2.45, 2.75) is 20.8 Å². The molecule has 7 nitrogen and oxygen atoms in total. The molecule has 3 rings (SSSR count). The van der Waals surface area contributed by atoms with Gasteiger partial charge >= 0.3 is 0 Å². The Kier molecular flexibility index (Phi) is 5.68. The van der Waals surface area contributed by atoms with Crippen molar-refractivity contribution in [2.24, 2.45) is 5.41 Å². The molecule has 1 aliphatic rings. The van der Waals surface area contributed by atoms with E-state index in [1.165, 1.54) is 7.11 Å². The summed E-state index contributed by atoms with van der Waals surface area (Å²) >= 11 is 0. The molecular formula is C22H26N2O5. The number of anilines is 2. The molecule has 0 fully saturated rings. The van der Waals surface area contributed by atoms with Gasteiger partial charge in [-0.25, -0.2) is 0 Å². The summed E-state index contributed by atoms with van der Waals surface area (Å²) in [4.78, 5) is 27.2. The highest BCUT2D eigenvalue weighted by Gasteiger charge is 2.37. The van der Waals surface area contributed by atoms with Crippen molar-refractivity contribution < 1.29 is 23.8 Å². The second kappa shape index (κ2) is 8.03. The molecule has 2 aromatic carbocycles. The van der Waals surface area contributed by atoms with Crippen molar-refractivity contribution in [1.82, 2.24) is 0 Å². The molecule has 0 saturated carbocycles. The smallest absolute Gasteiger partial charge is 0.255 e. The normalized spacial score (nSPS) is 15.1. The van der Waals surface area contributed by atoms with Crippen LogP contribution in [0.1, 0.15) is 31.1 Å². The van der Waals surface area contributed by atoms with E-state index < -0.39 is 5.41 Å². The molecular weight excluding hydrogens is 372 g/mol. The second-order valence-corrected chi connectivity index (χ2v) is 7.43. The summed E-state index contributed by atoms with van der Waals surface area (Å²) in [6, 6.07) is 10.3. The average molecular weight is 398 g/mol. The first-order chi connectivity index (χ1) is 13.8. The summed E-state index contributed by atoms with van der Waals surface area (Å²) in [5, 5.41) is 2.86. The van der Waals surface area contributed by atoms with Gasteiger partial charge in [0.1, 0.15) is 12.4 Å². The number of methoxy groups -OCH3 is 2. The molecule has 0 aliphatic carbocycles. The van der Waals surface area contributed by atoms with Gasteiger partial charge in [-0.2, -0.15) is 0 Å². The molecule has 1 aliphatic heterocycles. The third kappa shape index (κ3) is 3.99. The van der Waals surface area contributed by atoms with Crippen molar-refractivity contribution in [3.05, 3.63) is 42.0 Å². The molecule has 2 aromatic rings. The number of benzene rings is 2. The Morgan fingerprint density at radius 1 is 1.14 bits per heavy atom. The molecule has 1 N–H and O–H groups in total. The fraction of sp³-hybridized carbons (Fsp3) is 0.364. The molecule has 0 radical (unpaired) electrons. The first-order valence-corrected chi connectivity index (χ1v) is 9.43. The van der Waals surface area contributed by atoms with Crippen LogP contribution in [0, 0.1) is 5.41 Å². The number of carbonyl (C=O) groups excluding carboxylic acids is 2. The number of ether oxygens (including phenoxy) is 3. The van der Waals surface area contributed by atoms with E-state index in [1.807, 2.05) is 20.8 Å². The fourth-order valence-corrected chi connectivity index (χ4v) is 3.22. The molecule has 0 unspecified atom stereocenters. The van der Waals surface area contributed by atoms with E-state index in [4.69, 9.17) is 14.2 Å². The highest BCUT2D eigenvalue weighted by Crippen LogP contribution is 2.38. The quantitative estimate of drug-likeness (QED) is 0.831. The van der Waals surface area contributed by atoms with Gasteiger partial charge in [0.2, 0.25) is 5.91 Å². The van der Waals surface area contributed by atoms with Gasteiger partial charge in [-0.3, -0.25) is 9.59 Å². The number of amides is 2. The third-order valence-corrected chi connectivity index (χ3v) is 4.88. The van der Waals surface area contributed by atoms with Crippen LogP contribution in [0.3, 0.4) is 0 Å². The van der Waals surface area contributed by atoms with Gasteiger partial charge in [-0.15, -0.1) is 0 Å². The Balaban J connectivity index is 1.86. The predicted octanol–water partition coefficient (Wildman–Crippen LogP) is 3.73. The van der Waals surface area contributed by atoms with Crippen molar-refractivity contribution in [3.8, 4) is 17.2 Å². The zero-order chi connectivity index (χ0) is 21.2. The van der Waals surface area contributed by atoms with E-state index in [0.29, 0.717) is 40.7 Å². The van der Waals surface area contributed by atoms with E-state index in [9.17, 15) is 9.59 Å². The summed E-state index contributed by atoms with van der Waals surface area (Å²) in [7, 11) is 3.06. The van der Waals surface area contributed by atoms with Crippen LogP contribution in [0.15, 0.2) is 36.4 Å². The number of nitrogens with one attached hydrogen (secondary N) is 1.